The van der Waals surface area contributed by atoms with Gasteiger partial charge in [0.25, 0.3) is 0 Å². The van der Waals surface area contributed by atoms with Crippen LogP contribution in [-0.2, 0) is 22.4 Å². The maximum absolute atomic E-state index is 12.7. The molecule has 0 aliphatic rings. The number of fused-ring (bicyclic) bond motifs is 1. The Bertz CT molecular complexity index is 989. The normalized spacial score (nSPS) is 10.7. The Morgan fingerprint density at radius 2 is 1.59 bits per heavy atom. The van der Waals surface area contributed by atoms with Crippen molar-refractivity contribution in [1.29, 1.82) is 0 Å². The molecule has 0 unspecified atom stereocenters. The van der Waals surface area contributed by atoms with Gasteiger partial charge in [-0.25, -0.2) is 4.79 Å². The van der Waals surface area contributed by atoms with Gasteiger partial charge >= 0.3 is 11.9 Å². The average molecular weight is 390 g/mol. The van der Waals surface area contributed by atoms with Crippen LogP contribution in [0.1, 0.15) is 48.2 Å². The first-order valence-corrected chi connectivity index (χ1v) is 10.1. The molecule has 0 spiro atoms. The van der Waals surface area contributed by atoms with Crippen LogP contribution in [0.2, 0.25) is 0 Å². The third-order valence-electron chi connectivity index (χ3n) is 4.78. The van der Waals surface area contributed by atoms with Crippen LogP contribution in [-0.4, -0.2) is 18.5 Å². The van der Waals surface area contributed by atoms with Crippen LogP contribution in [0.3, 0.4) is 0 Å². The number of rotatable bonds is 8. The van der Waals surface area contributed by atoms with Gasteiger partial charge in [-0.15, -0.1) is 0 Å². The zero-order valence-electron chi connectivity index (χ0n) is 16.9. The van der Waals surface area contributed by atoms with E-state index in [0.29, 0.717) is 23.5 Å². The first-order chi connectivity index (χ1) is 14.1. The summed E-state index contributed by atoms with van der Waals surface area (Å²) in [5.74, 6) is -0.399. The highest BCUT2D eigenvalue weighted by molar-refractivity contribution is 5.93. The van der Waals surface area contributed by atoms with E-state index in [1.807, 2.05) is 42.5 Å². The summed E-state index contributed by atoms with van der Waals surface area (Å²) < 4.78 is 10.8. The molecule has 0 radical (unpaired) electrons. The zero-order chi connectivity index (χ0) is 20.6. The minimum Gasteiger partial charge on any atom is -0.466 e. The Morgan fingerprint density at radius 1 is 0.897 bits per heavy atom. The predicted octanol–water partition coefficient (Wildman–Crippen LogP) is 5.51. The lowest BCUT2D eigenvalue weighted by Crippen LogP contribution is -2.13. The van der Waals surface area contributed by atoms with Crippen LogP contribution in [0.25, 0.3) is 10.8 Å². The quantitative estimate of drug-likeness (QED) is 0.376. The maximum atomic E-state index is 12.7. The van der Waals surface area contributed by atoms with Crippen molar-refractivity contribution >= 4 is 22.7 Å². The van der Waals surface area contributed by atoms with E-state index in [-0.39, 0.29) is 12.4 Å². The van der Waals surface area contributed by atoms with Crippen LogP contribution in [0.5, 0.6) is 5.75 Å². The van der Waals surface area contributed by atoms with E-state index in [1.54, 1.807) is 25.1 Å². The second-order valence-electron chi connectivity index (χ2n) is 6.98. The first kappa shape index (κ1) is 20.6. The van der Waals surface area contributed by atoms with Crippen LogP contribution < -0.4 is 4.74 Å². The van der Waals surface area contributed by atoms with Gasteiger partial charge in [-0.1, -0.05) is 49.7 Å². The minimum absolute atomic E-state index is 0.0528. The fourth-order valence-corrected chi connectivity index (χ4v) is 3.21. The summed E-state index contributed by atoms with van der Waals surface area (Å²) >= 11 is 0. The van der Waals surface area contributed by atoms with E-state index in [9.17, 15) is 9.59 Å². The summed E-state index contributed by atoms with van der Waals surface area (Å²) in [4.78, 5) is 24.7. The maximum Gasteiger partial charge on any atom is 0.343 e. The standard InChI is InChI=1S/C25H26O4/c1-3-5-8-18-11-13-19(14-12-18)25(27)29-23-16-21-10-7-6-9-20(21)15-22(23)17-24(26)28-4-2/h6-7,9-16H,3-5,8,17H2,1-2H3. The summed E-state index contributed by atoms with van der Waals surface area (Å²) in [5, 5.41) is 1.92. The molecular weight excluding hydrogens is 364 g/mol. The summed E-state index contributed by atoms with van der Waals surface area (Å²) in [7, 11) is 0. The van der Waals surface area contributed by atoms with E-state index in [0.717, 1.165) is 30.0 Å². The van der Waals surface area contributed by atoms with Crippen molar-refractivity contribution in [1.82, 2.24) is 0 Å². The van der Waals surface area contributed by atoms with Gasteiger partial charge in [0.1, 0.15) is 5.75 Å². The molecule has 0 aliphatic heterocycles. The molecule has 0 bridgehead atoms. The summed E-state index contributed by atoms with van der Waals surface area (Å²) in [6, 6.07) is 19.0. The van der Waals surface area contributed by atoms with Gasteiger partial charge in [-0.2, -0.15) is 0 Å². The number of esters is 2. The zero-order valence-corrected chi connectivity index (χ0v) is 16.9. The highest BCUT2D eigenvalue weighted by atomic mass is 16.5. The highest BCUT2D eigenvalue weighted by Crippen LogP contribution is 2.28. The Hall–Kier alpha value is -3.14. The van der Waals surface area contributed by atoms with Gasteiger partial charge in [-0.3, -0.25) is 4.79 Å². The first-order valence-electron chi connectivity index (χ1n) is 10.1. The lowest BCUT2D eigenvalue weighted by molar-refractivity contribution is -0.142. The molecule has 29 heavy (non-hydrogen) atoms. The molecular formula is C25H26O4. The van der Waals surface area contributed by atoms with Crippen LogP contribution in [0, 0.1) is 0 Å². The predicted molar refractivity (Wildman–Crippen MR) is 114 cm³/mol. The lowest BCUT2D eigenvalue weighted by atomic mass is 10.0. The Labute approximate surface area is 171 Å². The molecule has 0 heterocycles. The third kappa shape index (κ3) is 5.44. The molecule has 0 saturated carbocycles. The van der Waals surface area contributed by atoms with Crippen molar-refractivity contribution < 1.29 is 19.1 Å². The van der Waals surface area contributed by atoms with Gasteiger partial charge in [0, 0.05) is 5.56 Å². The smallest absolute Gasteiger partial charge is 0.343 e. The molecule has 4 nitrogen and oxygen atoms in total. The molecule has 4 heteroatoms. The molecule has 150 valence electrons. The fraction of sp³-hybridized carbons (Fsp3) is 0.280. The lowest BCUT2D eigenvalue weighted by Gasteiger charge is -2.12. The molecule has 0 N–H and O–H groups in total. The van der Waals surface area contributed by atoms with Crippen LogP contribution in [0.4, 0.5) is 0 Å². The second-order valence-corrected chi connectivity index (χ2v) is 6.98. The van der Waals surface area contributed by atoms with Crippen molar-refractivity contribution in [3.8, 4) is 5.75 Å². The van der Waals surface area contributed by atoms with Gasteiger partial charge in [0.15, 0.2) is 0 Å². The molecule has 0 aliphatic carbocycles. The molecule has 0 saturated heterocycles. The molecule has 0 atom stereocenters. The number of benzene rings is 3. The van der Waals surface area contributed by atoms with Crippen molar-refractivity contribution in [2.24, 2.45) is 0 Å². The summed E-state index contributed by atoms with van der Waals surface area (Å²) in [6.45, 7) is 4.23. The Morgan fingerprint density at radius 3 is 2.24 bits per heavy atom. The number of unbranched alkanes of at least 4 members (excludes halogenated alkanes) is 1. The SMILES string of the molecule is CCCCc1ccc(C(=O)Oc2cc3ccccc3cc2CC(=O)OCC)cc1. The number of hydrogen-bond acceptors (Lipinski definition) is 4. The van der Waals surface area contributed by atoms with Gasteiger partial charge in [0.2, 0.25) is 0 Å². The van der Waals surface area contributed by atoms with Gasteiger partial charge in [-0.05, 0) is 60.4 Å². The van der Waals surface area contributed by atoms with Crippen LogP contribution in [0.15, 0.2) is 60.7 Å². The number of ether oxygens (including phenoxy) is 2. The number of carbonyl (C=O) groups is 2. The minimum atomic E-state index is -0.438. The number of aryl methyl sites for hydroxylation is 1. The highest BCUT2D eigenvalue weighted by Gasteiger charge is 2.16. The monoisotopic (exact) mass is 390 g/mol. The average Bonchev–Trinajstić information content (AvgIpc) is 2.73. The van der Waals surface area contributed by atoms with Crippen molar-refractivity contribution in [3.63, 3.8) is 0 Å². The van der Waals surface area contributed by atoms with E-state index in [1.165, 1.54) is 5.56 Å². The van der Waals surface area contributed by atoms with Gasteiger partial charge in [0.05, 0.1) is 18.6 Å². The van der Waals surface area contributed by atoms with Crippen molar-refractivity contribution in [2.75, 3.05) is 6.61 Å². The summed E-state index contributed by atoms with van der Waals surface area (Å²) in [5.41, 5.74) is 2.33. The molecule has 3 rings (SSSR count). The number of carbonyl (C=O) groups excluding carboxylic acids is 2. The molecule has 3 aromatic rings. The fourth-order valence-electron chi connectivity index (χ4n) is 3.21. The summed E-state index contributed by atoms with van der Waals surface area (Å²) in [6.07, 6.45) is 3.31. The second kappa shape index (κ2) is 9.87. The topological polar surface area (TPSA) is 52.6 Å². The Kier molecular flexibility index (Phi) is 7.01. The molecule has 0 fully saturated rings. The molecule has 0 amide bonds. The van der Waals surface area contributed by atoms with E-state index < -0.39 is 5.97 Å². The third-order valence-corrected chi connectivity index (χ3v) is 4.78. The largest absolute Gasteiger partial charge is 0.466 e. The Balaban J connectivity index is 1.85. The van der Waals surface area contributed by atoms with Crippen molar-refractivity contribution in [3.05, 3.63) is 77.4 Å². The van der Waals surface area contributed by atoms with Crippen molar-refractivity contribution in [2.45, 2.75) is 39.5 Å². The van der Waals surface area contributed by atoms with E-state index >= 15 is 0 Å². The van der Waals surface area contributed by atoms with Gasteiger partial charge < -0.3 is 9.47 Å². The van der Waals surface area contributed by atoms with E-state index in [4.69, 9.17) is 9.47 Å². The van der Waals surface area contributed by atoms with E-state index in [2.05, 4.69) is 6.92 Å². The molecule has 3 aromatic carbocycles. The van der Waals surface area contributed by atoms with Crippen LogP contribution >= 0.6 is 0 Å². The number of hydrogen-bond donors (Lipinski definition) is 0. The molecule has 0 aromatic heterocycles.